The van der Waals surface area contributed by atoms with Gasteiger partial charge in [0.1, 0.15) is 0 Å². The van der Waals surface area contributed by atoms with Gasteiger partial charge in [-0.1, -0.05) is 19.9 Å². The molecule has 0 aliphatic carbocycles. The molecule has 0 radical (unpaired) electrons. The zero-order chi connectivity index (χ0) is 21.8. The Labute approximate surface area is 172 Å². The predicted molar refractivity (Wildman–Crippen MR) is 112 cm³/mol. The molecule has 0 unspecified atom stereocenters. The molecule has 0 aromatic heterocycles. The topological polar surface area (TPSA) is 113 Å². The lowest BCUT2D eigenvalue weighted by Crippen LogP contribution is -2.31. The number of rotatable bonds is 8. The molecule has 0 spiro atoms. The van der Waals surface area contributed by atoms with Gasteiger partial charge in [-0.3, -0.25) is 4.79 Å². The summed E-state index contributed by atoms with van der Waals surface area (Å²) in [6, 6.07) is 10.2. The van der Waals surface area contributed by atoms with Crippen LogP contribution in [0, 0.1) is 6.92 Å². The highest BCUT2D eigenvalue weighted by atomic mass is 32.2. The third-order valence-corrected chi connectivity index (χ3v) is 8.09. The van der Waals surface area contributed by atoms with Crippen molar-refractivity contribution in [3.8, 4) is 0 Å². The van der Waals surface area contributed by atoms with E-state index in [1.165, 1.54) is 41.7 Å². The number of hydrogen-bond donors (Lipinski definition) is 2. The van der Waals surface area contributed by atoms with Gasteiger partial charge in [-0.05, 0) is 55.9 Å². The molecule has 0 aliphatic heterocycles. The van der Waals surface area contributed by atoms with Gasteiger partial charge in [0, 0.05) is 24.3 Å². The molecule has 0 bridgehead atoms. The molecule has 158 valence electrons. The fourth-order valence-electron chi connectivity index (χ4n) is 2.76. The average Bonchev–Trinajstić information content (AvgIpc) is 2.69. The fourth-order valence-corrected chi connectivity index (χ4v) is 5.20. The van der Waals surface area contributed by atoms with Crippen LogP contribution in [0.15, 0.2) is 52.3 Å². The summed E-state index contributed by atoms with van der Waals surface area (Å²) in [7, 11) is -5.96. The Balaban J connectivity index is 2.31. The Morgan fingerprint density at radius 3 is 2.07 bits per heavy atom. The van der Waals surface area contributed by atoms with Gasteiger partial charge < -0.3 is 5.32 Å². The van der Waals surface area contributed by atoms with E-state index in [0.717, 1.165) is 0 Å². The second kappa shape index (κ2) is 9.04. The van der Waals surface area contributed by atoms with Crippen LogP contribution in [0.3, 0.4) is 0 Å². The van der Waals surface area contributed by atoms with Crippen molar-refractivity contribution in [1.29, 1.82) is 0 Å². The van der Waals surface area contributed by atoms with E-state index in [4.69, 9.17) is 0 Å². The molecule has 8 nitrogen and oxygen atoms in total. The maximum atomic E-state index is 12.8. The lowest BCUT2D eigenvalue weighted by Gasteiger charge is -2.20. The molecular weight excluding hydrogens is 414 g/mol. The van der Waals surface area contributed by atoms with Crippen molar-refractivity contribution in [2.75, 3.05) is 25.5 Å². The van der Waals surface area contributed by atoms with Crippen LogP contribution >= 0.6 is 0 Å². The van der Waals surface area contributed by atoms with Crippen LogP contribution in [0.5, 0.6) is 0 Å². The standard InChI is InChI=1S/C19H25N3O5S2/c1-5-22(6-2)29(26,27)18-13-15(8-7-14(18)3)19(23)21-16-9-11-17(12-10-16)28(24,25)20-4/h7-13,20H,5-6H2,1-4H3,(H,21,23). The van der Waals surface area contributed by atoms with Gasteiger partial charge in [-0.2, -0.15) is 4.31 Å². The first-order valence-electron chi connectivity index (χ1n) is 9.02. The van der Waals surface area contributed by atoms with E-state index in [9.17, 15) is 21.6 Å². The van der Waals surface area contributed by atoms with Crippen LogP contribution in [0.1, 0.15) is 29.8 Å². The Morgan fingerprint density at radius 2 is 1.55 bits per heavy atom. The largest absolute Gasteiger partial charge is 0.322 e. The summed E-state index contributed by atoms with van der Waals surface area (Å²) in [6.45, 7) is 5.85. The summed E-state index contributed by atoms with van der Waals surface area (Å²) in [5.74, 6) is -0.495. The molecular formula is C19H25N3O5S2. The zero-order valence-corrected chi connectivity index (χ0v) is 18.4. The highest BCUT2D eigenvalue weighted by molar-refractivity contribution is 7.89. The quantitative estimate of drug-likeness (QED) is 0.655. The minimum Gasteiger partial charge on any atom is -0.322 e. The Bertz CT molecular complexity index is 1090. The minimum atomic E-state index is -3.71. The van der Waals surface area contributed by atoms with Crippen molar-refractivity contribution in [2.45, 2.75) is 30.6 Å². The first-order valence-corrected chi connectivity index (χ1v) is 11.9. The molecule has 10 heteroatoms. The smallest absolute Gasteiger partial charge is 0.255 e. The summed E-state index contributed by atoms with van der Waals surface area (Å²) >= 11 is 0. The van der Waals surface area contributed by atoms with Crippen molar-refractivity contribution >= 4 is 31.6 Å². The lowest BCUT2D eigenvalue weighted by molar-refractivity contribution is 0.102. The number of aryl methyl sites for hydroxylation is 1. The van der Waals surface area contributed by atoms with Gasteiger partial charge in [0.05, 0.1) is 9.79 Å². The van der Waals surface area contributed by atoms with Crippen LogP contribution in [0.2, 0.25) is 0 Å². The van der Waals surface area contributed by atoms with Crippen molar-refractivity contribution in [1.82, 2.24) is 9.03 Å². The molecule has 2 rings (SSSR count). The lowest BCUT2D eigenvalue weighted by atomic mass is 10.1. The van der Waals surface area contributed by atoms with Gasteiger partial charge in [0.15, 0.2) is 0 Å². The van der Waals surface area contributed by atoms with Gasteiger partial charge in [0.2, 0.25) is 20.0 Å². The van der Waals surface area contributed by atoms with Gasteiger partial charge in [-0.15, -0.1) is 0 Å². The van der Waals surface area contributed by atoms with E-state index >= 15 is 0 Å². The predicted octanol–water partition coefficient (Wildman–Crippen LogP) is 2.19. The normalized spacial score (nSPS) is 12.2. The minimum absolute atomic E-state index is 0.0703. The number of hydrogen-bond acceptors (Lipinski definition) is 5. The van der Waals surface area contributed by atoms with Crippen LogP contribution in [0.4, 0.5) is 5.69 Å². The fraction of sp³-hybridized carbons (Fsp3) is 0.316. The van der Waals surface area contributed by atoms with Gasteiger partial charge in [-0.25, -0.2) is 21.6 Å². The molecule has 2 aromatic carbocycles. The number of sulfonamides is 2. The first-order chi connectivity index (χ1) is 13.6. The van der Waals surface area contributed by atoms with Gasteiger partial charge >= 0.3 is 0 Å². The van der Waals surface area contributed by atoms with E-state index in [1.807, 2.05) is 0 Å². The van der Waals surface area contributed by atoms with Crippen LogP contribution in [-0.2, 0) is 20.0 Å². The van der Waals surface area contributed by atoms with E-state index < -0.39 is 26.0 Å². The number of amides is 1. The number of anilines is 1. The molecule has 0 atom stereocenters. The average molecular weight is 440 g/mol. The number of carbonyl (C=O) groups excluding carboxylic acids is 1. The highest BCUT2D eigenvalue weighted by Gasteiger charge is 2.24. The Kier molecular flexibility index (Phi) is 7.17. The van der Waals surface area contributed by atoms with Crippen molar-refractivity contribution in [2.24, 2.45) is 0 Å². The third kappa shape index (κ3) is 5.02. The van der Waals surface area contributed by atoms with Crippen molar-refractivity contribution in [3.05, 3.63) is 53.6 Å². The SMILES string of the molecule is CCN(CC)S(=O)(=O)c1cc(C(=O)Nc2ccc(S(=O)(=O)NC)cc2)ccc1C. The summed E-state index contributed by atoms with van der Waals surface area (Å²) in [5.41, 5.74) is 1.13. The van der Waals surface area contributed by atoms with Crippen LogP contribution < -0.4 is 10.0 Å². The molecule has 0 saturated heterocycles. The van der Waals surface area contributed by atoms with Crippen molar-refractivity contribution < 1.29 is 21.6 Å². The van der Waals surface area contributed by atoms with Crippen molar-refractivity contribution in [3.63, 3.8) is 0 Å². The second-order valence-corrected chi connectivity index (χ2v) is 10.0. The summed E-state index contributed by atoms with van der Waals surface area (Å²) in [6.07, 6.45) is 0. The van der Waals surface area contributed by atoms with Crippen LogP contribution in [-0.4, -0.2) is 47.2 Å². The molecule has 0 heterocycles. The number of nitrogens with one attached hydrogen (secondary N) is 2. The number of nitrogens with zero attached hydrogens (tertiary/aromatic N) is 1. The van der Waals surface area contributed by atoms with Crippen LogP contribution in [0.25, 0.3) is 0 Å². The molecule has 2 N–H and O–H groups in total. The Morgan fingerprint density at radius 1 is 0.966 bits per heavy atom. The van der Waals surface area contributed by atoms with E-state index in [1.54, 1.807) is 32.9 Å². The zero-order valence-electron chi connectivity index (χ0n) is 16.8. The molecule has 0 aliphatic rings. The second-order valence-electron chi connectivity index (χ2n) is 6.26. The summed E-state index contributed by atoms with van der Waals surface area (Å²) < 4.78 is 52.8. The Hall–Kier alpha value is -2.27. The molecule has 29 heavy (non-hydrogen) atoms. The van der Waals surface area contributed by atoms with Gasteiger partial charge in [0.25, 0.3) is 5.91 Å². The van der Waals surface area contributed by atoms with E-state index in [-0.39, 0.29) is 15.4 Å². The molecule has 0 fully saturated rings. The van der Waals surface area contributed by atoms with E-state index in [2.05, 4.69) is 10.0 Å². The number of carbonyl (C=O) groups is 1. The summed E-state index contributed by atoms with van der Waals surface area (Å²) in [4.78, 5) is 12.8. The third-order valence-electron chi connectivity index (χ3n) is 4.46. The molecule has 2 aromatic rings. The maximum Gasteiger partial charge on any atom is 0.255 e. The summed E-state index contributed by atoms with van der Waals surface area (Å²) in [5, 5.41) is 2.65. The highest BCUT2D eigenvalue weighted by Crippen LogP contribution is 2.22. The molecule has 0 saturated carbocycles. The molecule has 1 amide bonds. The van der Waals surface area contributed by atoms with E-state index in [0.29, 0.717) is 24.3 Å². The first kappa shape index (κ1) is 23.0. The maximum absolute atomic E-state index is 12.8. The number of benzene rings is 2. The monoisotopic (exact) mass is 439 g/mol.